The molecular weight excluding hydrogens is 553 g/mol. The lowest BCUT2D eigenvalue weighted by Crippen LogP contribution is -2.98. The van der Waals surface area contributed by atoms with Crippen molar-refractivity contribution >= 4 is 0 Å². The van der Waals surface area contributed by atoms with E-state index in [-0.39, 0.29) is 0 Å². The lowest BCUT2D eigenvalue weighted by atomic mass is 9.03. The lowest BCUT2D eigenvalue weighted by Gasteiger charge is -3.01. The monoisotopic (exact) mass is 606 g/mol. The summed E-state index contributed by atoms with van der Waals surface area (Å²) in [4.78, 5) is 0. The van der Waals surface area contributed by atoms with Crippen LogP contribution in [0.5, 0.6) is 0 Å². The van der Waals surface area contributed by atoms with Crippen LogP contribution < -0.4 is 0 Å². The fourth-order valence-electron chi connectivity index (χ4n) is 27.8. The summed E-state index contributed by atoms with van der Waals surface area (Å²) in [6.45, 7) is 0. The van der Waals surface area contributed by atoms with E-state index in [0.717, 1.165) is 0 Å². The Kier molecular flexibility index (Phi) is 2.81. The number of rotatable bonds is 0. The molecule has 0 aromatic heterocycles. The molecule has 0 heteroatoms. The molecule has 38 atom stereocenters. The largest absolute Gasteiger partial charge is 0.0533 e. The second-order valence-electron chi connectivity index (χ2n) is 24.9. The third kappa shape index (κ3) is 1.49. The van der Waals surface area contributed by atoms with Crippen LogP contribution in [0.2, 0.25) is 0 Å². The molecule has 0 aromatic rings. The van der Waals surface area contributed by atoms with Crippen LogP contribution in [0.1, 0.15) is 51.4 Å². The summed E-state index contributed by atoms with van der Waals surface area (Å²) >= 11 is 0. The van der Waals surface area contributed by atoms with Crippen LogP contribution in [0, 0.1) is 225 Å². The van der Waals surface area contributed by atoms with Gasteiger partial charge in [0.2, 0.25) is 0 Å². The van der Waals surface area contributed by atoms with E-state index in [0.29, 0.717) is 0 Å². The molecule has 20 aliphatic rings. The van der Waals surface area contributed by atoms with E-state index < -0.39 is 0 Å². The van der Waals surface area contributed by atoms with Crippen molar-refractivity contribution in [2.75, 3.05) is 0 Å². The Labute approximate surface area is 275 Å². The van der Waals surface area contributed by atoms with Gasteiger partial charge in [-0.25, -0.2) is 0 Å². The highest BCUT2D eigenvalue weighted by atomic mass is 15.0. The molecular formula is C46H54. The quantitative estimate of drug-likeness (QED) is 0.247. The molecule has 20 rings (SSSR count). The Morgan fingerprint density at radius 2 is 0.283 bits per heavy atom. The van der Waals surface area contributed by atoms with E-state index in [1.54, 1.807) is 51.4 Å². The van der Waals surface area contributed by atoms with Gasteiger partial charge in [-0.1, -0.05) is 25.7 Å². The average molecular weight is 607 g/mol. The first kappa shape index (κ1) is 22.0. The van der Waals surface area contributed by atoms with Crippen LogP contribution >= 0.6 is 0 Å². The Balaban J connectivity index is 0.568. The SMILES string of the molecule is C1CCCC2C(CC1)C1C2C2C1C1C2C2C1C1C2C2C1C1C2C2C1C1C3C4C5C6C7C8C9C%10C%11CCC%11C%10C9C8C7C6C5C4C3C21. The summed E-state index contributed by atoms with van der Waals surface area (Å²) in [5, 5.41) is 0. The summed E-state index contributed by atoms with van der Waals surface area (Å²) in [6, 6.07) is 0. The van der Waals surface area contributed by atoms with Crippen molar-refractivity contribution in [2.24, 2.45) is 225 Å². The maximum atomic E-state index is 1.66. The molecule has 0 N–H and O–H groups in total. The second-order valence-corrected chi connectivity index (χ2v) is 24.9. The molecule has 20 saturated carbocycles. The molecule has 0 heterocycles. The third-order valence-corrected chi connectivity index (χ3v) is 27.5. The fourth-order valence-corrected chi connectivity index (χ4v) is 27.8. The highest BCUT2D eigenvalue weighted by Crippen LogP contribution is 3.01. The van der Waals surface area contributed by atoms with Crippen molar-refractivity contribution in [3.8, 4) is 0 Å². The number of fused-ring (bicyclic) bond motifs is 55. The predicted molar refractivity (Wildman–Crippen MR) is 170 cm³/mol. The van der Waals surface area contributed by atoms with Crippen LogP contribution in [-0.2, 0) is 0 Å². The highest BCUT2D eigenvalue weighted by Gasteiger charge is 2.98. The number of hydrogen-bond acceptors (Lipinski definition) is 0. The van der Waals surface area contributed by atoms with Crippen molar-refractivity contribution in [3.63, 3.8) is 0 Å². The van der Waals surface area contributed by atoms with Crippen molar-refractivity contribution in [1.82, 2.24) is 0 Å². The molecule has 0 radical (unpaired) electrons. The van der Waals surface area contributed by atoms with Crippen molar-refractivity contribution in [2.45, 2.75) is 51.4 Å². The molecule has 0 nitrogen and oxygen atoms in total. The van der Waals surface area contributed by atoms with Crippen LogP contribution in [0.3, 0.4) is 0 Å². The van der Waals surface area contributed by atoms with Crippen LogP contribution in [0.4, 0.5) is 0 Å². The molecule has 0 aliphatic heterocycles. The summed E-state index contributed by atoms with van der Waals surface area (Å²) in [6.07, 6.45) is 13.0. The first-order valence-corrected chi connectivity index (χ1v) is 23.0. The van der Waals surface area contributed by atoms with Gasteiger partial charge in [0, 0.05) is 0 Å². The molecule has 0 bridgehead atoms. The summed E-state index contributed by atoms with van der Waals surface area (Å²) in [7, 11) is 0. The smallest absolute Gasteiger partial charge is 0.0312 e. The minimum absolute atomic E-state index is 1.23. The first-order chi connectivity index (χ1) is 23.0. The Hall–Kier alpha value is 0. The van der Waals surface area contributed by atoms with Crippen molar-refractivity contribution < 1.29 is 0 Å². The molecule has 0 saturated heterocycles. The molecule has 0 aromatic carbocycles. The third-order valence-electron chi connectivity index (χ3n) is 27.5. The molecule has 20 aliphatic carbocycles. The molecule has 38 unspecified atom stereocenters. The Morgan fingerprint density at radius 3 is 0.457 bits per heavy atom. The van der Waals surface area contributed by atoms with Gasteiger partial charge in [0.15, 0.2) is 0 Å². The van der Waals surface area contributed by atoms with Gasteiger partial charge in [-0.15, -0.1) is 0 Å². The highest BCUT2D eigenvalue weighted by molar-refractivity contribution is 5.44. The molecule has 0 spiro atoms. The van der Waals surface area contributed by atoms with Gasteiger partial charge < -0.3 is 0 Å². The van der Waals surface area contributed by atoms with Crippen LogP contribution in [0.25, 0.3) is 0 Å². The Morgan fingerprint density at radius 1 is 0.130 bits per heavy atom. The summed E-state index contributed by atoms with van der Waals surface area (Å²) in [5.41, 5.74) is 0. The minimum atomic E-state index is 1.23. The van der Waals surface area contributed by atoms with E-state index in [4.69, 9.17) is 0 Å². The first-order valence-electron chi connectivity index (χ1n) is 23.0. The van der Waals surface area contributed by atoms with Crippen LogP contribution in [0.15, 0.2) is 0 Å². The fraction of sp³-hybridized carbons (Fsp3) is 1.00. The van der Waals surface area contributed by atoms with E-state index >= 15 is 0 Å². The number of hydrogen-bond donors (Lipinski definition) is 0. The molecule has 238 valence electrons. The van der Waals surface area contributed by atoms with Gasteiger partial charge in [-0.3, -0.25) is 0 Å². The molecule has 46 heavy (non-hydrogen) atoms. The van der Waals surface area contributed by atoms with Gasteiger partial charge in [0.05, 0.1) is 0 Å². The summed E-state index contributed by atoms with van der Waals surface area (Å²) < 4.78 is 0. The van der Waals surface area contributed by atoms with Crippen LogP contribution in [-0.4, -0.2) is 0 Å². The maximum absolute atomic E-state index is 1.66. The predicted octanol–water partition coefficient (Wildman–Crippen LogP) is 7.79. The van der Waals surface area contributed by atoms with E-state index in [9.17, 15) is 0 Å². The van der Waals surface area contributed by atoms with Gasteiger partial charge >= 0.3 is 0 Å². The van der Waals surface area contributed by atoms with Crippen molar-refractivity contribution in [3.05, 3.63) is 0 Å². The van der Waals surface area contributed by atoms with E-state index in [1.807, 2.05) is 0 Å². The maximum Gasteiger partial charge on any atom is -0.0312 e. The minimum Gasteiger partial charge on any atom is -0.0533 e. The Bertz CT molecular complexity index is 1480. The zero-order chi connectivity index (χ0) is 27.6. The molecule has 20 fully saturated rings. The normalized spacial score (nSPS) is 93.4. The van der Waals surface area contributed by atoms with Crippen molar-refractivity contribution in [1.29, 1.82) is 0 Å². The van der Waals surface area contributed by atoms with E-state index in [2.05, 4.69) is 0 Å². The van der Waals surface area contributed by atoms with Gasteiger partial charge in [-0.05, 0) is 251 Å². The standard InChI is InChI=1S/C46H54/c1-2-4-6-10-9(5-3-1)13-14(10)18-17(13)21-22(18)26-25(21)29-30(26)34-33(29)37-38(34)42-41(37)45-43-39-35-31-27-23-19-15-11-7-8-12(11)16(15)20(19)24(23)28(27)32(31)36(35)40(39)44(43)46(42)45/h9-46H,1-8H2. The van der Waals surface area contributed by atoms with E-state index in [1.165, 1.54) is 225 Å². The average Bonchev–Trinajstić information content (AvgIpc) is 2.97. The van der Waals surface area contributed by atoms with Gasteiger partial charge in [0.1, 0.15) is 0 Å². The molecule has 0 amide bonds. The zero-order valence-corrected chi connectivity index (χ0v) is 27.6. The summed E-state index contributed by atoms with van der Waals surface area (Å²) in [5.74, 6) is 49.7. The topological polar surface area (TPSA) is 0 Å². The zero-order valence-electron chi connectivity index (χ0n) is 27.6. The second kappa shape index (κ2) is 5.85. The van der Waals surface area contributed by atoms with Gasteiger partial charge in [0.25, 0.3) is 0 Å². The van der Waals surface area contributed by atoms with Gasteiger partial charge in [-0.2, -0.15) is 0 Å². The lowest BCUT2D eigenvalue weighted by molar-refractivity contribution is -0.544.